The molecule has 20 heavy (non-hydrogen) atoms. The second kappa shape index (κ2) is 7.71. The van der Waals surface area contributed by atoms with E-state index in [0.29, 0.717) is 10.6 Å². The Kier molecular flexibility index (Phi) is 5.94. The van der Waals surface area contributed by atoms with Crippen molar-refractivity contribution >= 4 is 23.2 Å². The first-order chi connectivity index (χ1) is 9.58. The molecule has 0 unspecified atom stereocenters. The van der Waals surface area contributed by atoms with Crippen LogP contribution in [0.25, 0.3) is 0 Å². The average Bonchev–Trinajstić information content (AvgIpc) is 2.97. The van der Waals surface area contributed by atoms with Crippen molar-refractivity contribution in [1.29, 1.82) is 0 Å². The number of esters is 1. The first-order valence-corrected chi connectivity index (χ1v) is 6.31. The highest BCUT2D eigenvalue weighted by Crippen LogP contribution is 2.06. The van der Waals surface area contributed by atoms with E-state index >= 15 is 0 Å². The Labute approximate surface area is 120 Å². The van der Waals surface area contributed by atoms with Gasteiger partial charge in [-0.15, -0.1) is 17.8 Å². The van der Waals surface area contributed by atoms with Crippen molar-refractivity contribution in [3.63, 3.8) is 0 Å². The van der Waals surface area contributed by atoms with Crippen LogP contribution in [-0.4, -0.2) is 24.0 Å². The van der Waals surface area contributed by atoms with Crippen molar-refractivity contribution < 1.29 is 14.3 Å². The molecule has 0 fully saturated rings. The SMILES string of the molecule is C#Cc1nc(C(N)=O)cs1.COC(=O)c1ccccc1. The second-order valence-electron chi connectivity index (χ2n) is 3.40. The quantitative estimate of drug-likeness (QED) is 0.673. The molecule has 0 atom stereocenters. The zero-order valence-electron chi connectivity index (χ0n) is 10.7. The number of aromatic nitrogens is 1. The minimum atomic E-state index is -0.544. The number of hydrogen-bond acceptors (Lipinski definition) is 5. The molecule has 1 aromatic heterocycles. The van der Waals surface area contributed by atoms with Crippen molar-refractivity contribution in [3.05, 3.63) is 52.0 Å². The minimum absolute atomic E-state index is 0.234. The lowest BCUT2D eigenvalue weighted by Gasteiger charge is -1.95. The molecule has 6 heteroatoms. The molecule has 5 nitrogen and oxygen atoms in total. The van der Waals surface area contributed by atoms with Gasteiger partial charge in [0.1, 0.15) is 5.69 Å². The summed E-state index contributed by atoms with van der Waals surface area (Å²) >= 11 is 1.23. The van der Waals surface area contributed by atoms with E-state index in [1.807, 2.05) is 6.07 Å². The topological polar surface area (TPSA) is 82.3 Å². The summed E-state index contributed by atoms with van der Waals surface area (Å²) in [4.78, 5) is 25.0. The number of nitrogens with zero attached hydrogens (tertiary/aromatic N) is 1. The Morgan fingerprint density at radius 1 is 1.35 bits per heavy atom. The van der Waals surface area contributed by atoms with Crippen LogP contribution in [0.5, 0.6) is 0 Å². The van der Waals surface area contributed by atoms with Crippen LogP contribution in [0.3, 0.4) is 0 Å². The van der Waals surface area contributed by atoms with E-state index in [9.17, 15) is 9.59 Å². The highest BCUT2D eigenvalue weighted by molar-refractivity contribution is 7.10. The summed E-state index contributed by atoms with van der Waals surface area (Å²) in [6, 6.07) is 8.88. The maximum absolute atomic E-state index is 10.8. The predicted octanol–water partition coefficient (Wildman–Crippen LogP) is 1.70. The van der Waals surface area contributed by atoms with Gasteiger partial charge in [0.2, 0.25) is 0 Å². The van der Waals surface area contributed by atoms with Crippen LogP contribution in [0, 0.1) is 12.3 Å². The van der Waals surface area contributed by atoms with Crippen LogP contribution in [0.1, 0.15) is 25.9 Å². The molecule has 2 rings (SSSR count). The van der Waals surface area contributed by atoms with Crippen LogP contribution in [0.15, 0.2) is 35.7 Å². The third-order valence-electron chi connectivity index (χ3n) is 2.07. The van der Waals surface area contributed by atoms with Gasteiger partial charge in [-0.25, -0.2) is 9.78 Å². The smallest absolute Gasteiger partial charge is 0.337 e. The first-order valence-electron chi connectivity index (χ1n) is 5.43. The monoisotopic (exact) mass is 288 g/mol. The average molecular weight is 288 g/mol. The van der Waals surface area contributed by atoms with E-state index in [-0.39, 0.29) is 11.7 Å². The van der Waals surface area contributed by atoms with Crippen molar-refractivity contribution in [1.82, 2.24) is 4.98 Å². The van der Waals surface area contributed by atoms with Crippen LogP contribution >= 0.6 is 11.3 Å². The molecule has 0 aliphatic carbocycles. The van der Waals surface area contributed by atoms with Crippen molar-refractivity contribution in [2.24, 2.45) is 5.73 Å². The number of methoxy groups -OCH3 is 1. The highest BCUT2D eigenvalue weighted by atomic mass is 32.1. The maximum atomic E-state index is 10.8. The van der Waals surface area contributed by atoms with Gasteiger partial charge in [0, 0.05) is 5.38 Å². The molecule has 0 aliphatic rings. The zero-order valence-corrected chi connectivity index (χ0v) is 11.5. The number of hydrogen-bond donors (Lipinski definition) is 1. The Hall–Kier alpha value is -2.65. The van der Waals surface area contributed by atoms with Gasteiger partial charge >= 0.3 is 5.97 Å². The minimum Gasteiger partial charge on any atom is -0.465 e. The van der Waals surface area contributed by atoms with Gasteiger partial charge in [-0.3, -0.25) is 4.79 Å². The number of carbonyl (C=O) groups is 2. The molecular formula is C14H12N2O3S. The number of ether oxygens (including phenoxy) is 1. The molecule has 2 aromatic rings. The number of carbonyl (C=O) groups excluding carboxylic acids is 2. The first kappa shape index (κ1) is 15.4. The summed E-state index contributed by atoms with van der Waals surface area (Å²) in [6.45, 7) is 0. The fourth-order valence-electron chi connectivity index (χ4n) is 1.15. The molecule has 0 spiro atoms. The Balaban J connectivity index is 0.000000200. The lowest BCUT2D eigenvalue weighted by atomic mass is 10.2. The van der Waals surface area contributed by atoms with Gasteiger partial charge < -0.3 is 10.5 Å². The van der Waals surface area contributed by atoms with Crippen molar-refractivity contribution in [2.45, 2.75) is 0 Å². The van der Waals surface area contributed by atoms with Crippen molar-refractivity contribution in [2.75, 3.05) is 7.11 Å². The number of benzene rings is 1. The zero-order chi connectivity index (χ0) is 15.0. The second-order valence-corrected chi connectivity index (χ2v) is 4.26. The molecule has 1 heterocycles. The van der Waals surface area contributed by atoms with Gasteiger partial charge in [0.05, 0.1) is 12.7 Å². The molecule has 1 aromatic carbocycles. The lowest BCUT2D eigenvalue weighted by Crippen LogP contribution is -2.10. The number of terminal acetylenes is 1. The van der Waals surface area contributed by atoms with Crippen LogP contribution < -0.4 is 5.73 Å². The van der Waals surface area contributed by atoms with Gasteiger partial charge in [0.15, 0.2) is 5.01 Å². The molecule has 1 amide bonds. The van der Waals surface area contributed by atoms with Gasteiger partial charge in [0.25, 0.3) is 5.91 Å². The molecule has 0 saturated carbocycles. The molecule has 0 aliphatic heterocycles. The molecule has 0 bridgehead atoms. The number of amides is 1. The molecule has 2 N–H and O–H groups in total. The van der Waals surface area contributed by atoms with Gasteiger partial charge in [-0.1, -0.05) is 18.2 Å². The van der Waals surface area contributed by atoms with Crippen LogP contribution in [-0.2, 0) is 4.74 Å². The maximum Gasteiger partial charge on any atom is 0.337 e. The van der Waals surface area contributed by atoms with E-state index in [1.54, 1.807) is 24.3 Å². The Morgan fingerprint density at radius 2 is 2.00 bits per heavy atom. The lowest BCUT2D eigenvalue weighted by molar-refractivity contribution is 0.0600. The van der Waals surface area contributed by atoms with Gasteiger partial charge in [-0.2, -0.15) is 0 Å². The van der Waals surface area contributed by atoms with Crippen molar-refractivity contribution in [3.8, 4) is 12.3 Å². The summed E-state index contributed by atoms with van der Waals surface area (Å²) in [7, 11) is 1.37. The Bertz CT molecular complexity index is 629. The summed E-state index contributed by atoms with van der Waals surface area (Å²) in [6.07, 6.45) is 5.01. The van der Waals surface area contributed by atoms with Crippen LogP contribution in [0.2, 0.25) is 0 Å². The molecule has 102 valence electrons. The largest absolute Gasteiger partial charge is 0.465 e. The van der Waals surface area contributed by atoms with E-state index in [2.05, 4.69) is 15.6 Å². The molecular weight excluding hydrogens is 276 g/mol. The van der Waals surface area contributed by atoms with E-state index in [4.69, 9.17) is 12.2 Å². The summed E-state index contributed by atoms with van der Waals surface area (Å²) in [5, 5.41) is 2.02. The third-order valence-corrected chi connectivity index (χ3v) is 2.85. The predicted molar refractivity (Wildman–Crippen MR) is 76.3 cm³/mol. The fraction of sp³-hybridized carbons (Fsp3) is 0.0714. The Morgan fingerprint density at radius 3 is 2.40 bits per heavy atom. The molecule has 0 radical (unpaired) electrons. The van der Waals surface area contributed by atoms with E-state index in [1.165, 1.54) is 23.8 Å². The van der Waals surface area contributed by atoms with E-state index in [0.717, 1.165) is 0 Å². The number of rotatable bonds is 2. The summed E-state index contributed by atoms with van der Waals surface area (Å²) < 4.78 is 4.50. The molecule has 0 saturated heterocycles. The van der Waals surface area contributed by atoms with Gasteiger partial charge in [-0.05, 0) is 18.1 Å². The van der Waals surface area contributed by atoms with E-state index < -0.39 is 5.91 Å². The number of primary amides is 1. The highest BCUT2D eigenvalue weighted by Gasteiger charge is 2.03. The summed E-state index contributed by atoms with van der Waals surface area (Å²) in [5.74, 6) is 1.47. The van der Waals surface area contributed by atoms with Crippen LogP contribution in [0.4, 0.5) is 0 Å². The summed E-state index contributed by atoms with van der Waals surface area (Å²) in [5.41, 5.74) is 5.74. The standard InChI is InChI=1S/C8H8O2.C6H4N2OS/c1-10-8(9)7-5-3-2-4-6-7;1-2-5-8-4(3-10-5)6(7)9/h2-6H,1H3;1,3H,(H2,7,9). The number of thiazole rings is 1. The normalized spacial score (nSPS) is 8.80. The fourth-order valence-corrected chi connectivity index (χ4v) is 1.76. The third kappa shape index (κ3) is 4.55. The number of nitrogens with two attached hydrogens (primary N) is 1.